The summed E-state index contributed by atoms with van der Waals surface area (Å²) >= 11 is 0. The fourth-order valence-electron chi connectivity index (χ4n) is 0.911. The molecule has 0 heterocycles. The lowest BCUT2D eigenvalue weighted by molar-refractivity contribution is -0.139. The van der Waals surface area contributed by atoms with Crippen molar-refractivity contribution >= 4 is 5.91 Å². The number of carbonyl (C=O) groups excluding carboxylic acids is 1. The van der Waals surface area contributed by atoms with Gasteiger partial charge in [-0.25, -0.2) is 0 Å². The van der Waals surface area contributed by atoms with Gasteiger partial charge in [-0.3, -0.25) is 4.79 Å². The molecule has 80 valence electrons. The topological polar surface area (TPSA) is 38.3 Å². The first-order valence-corrected chi connectivity index (χ1v) is 4.80. The van der Waals surface area contributed by atoms with Gasteiger partial charge in [0.15, 0.2) is 0 Å². The van der Waals surface area contributed by atoms with Crippen molar-refractivity contribution in [1.82, 2.24) is 5.32 Å². The Morgan fingerprint density at radius 2 is 2.21 bits per heavy atom. The Kier molecular flexibility index (Phi) is 5.26. The average molecular weight is 197 g/mol. The van der Waals surface area contributed by atoms with Gasteiger partial charge >= 0.3 is 0 Å². The quantitative estimate of drug-likeness (QED) is 0.675. The maximum atomic E-state index is 11.6. The van der Waals surface area contributed by atoms with Crippen LogP contribution in [0.2, 0.25) is 0 Å². The van der Waals surface area contributed by atoms with Crippen LogP contribution < -0.4 is 5.32 Å². The van der Waals surface area contributed by atoms with Crippen molar-refractivity contribution in [3.05, 3.63) is 0 Å². The predicted molar refractivity (Wildman–Crippen MR) is 56.8 cm³/mol. The van der Waals surface area contributed by atoms with Gasteiger partial charge in [-0.05, 0) is 20.3 Å². The zero-order chi connectivity index (χ0) is 11.2. The summed E-state index contributed by atoms with van der Waals surface area (Å²) < 4.78 is 5.04. The minimum atomic E-state index is -0.817. The molecule has 3 heteroatoms. The summed E-state index contributed by atoms with van der Waals surface area (Å²) in [6.07, 6.45) is 7.03. The van der Waals surface area contributed by atoms with Gasteiger partial charge in [-0.2, -0.15) is 0 Å². The molecule has 0 aliphatic carbocycles. The molecule has 1 amide bonds. The molecule has 1 unspecified atom stereocenters. The van der Waals surface area contributed by atoms with E-state index >= 15 is 0 Å². The lowest BCUT2D eigenvalue weighted by atomic mass is 10.1. The number of ether oxygens (including phenoxy) is 1. The molecule has 1 N–H and O–H groups in total. The van der Waals surface area contributed by atoms with Gasteiger partial charge in [0.2, 0.25) is 0 Å². The van der Waals surface area contributed by atoms with Gasteiger partial charge in [0.25, 0.3) is 5.91 Å². The number of nitrogens with one attached hydrogen (secondary N) is 1. The highest BCUT2D eigenvalue weighted by molar-refractivity contribution is 5.84. The van der Waals surface area contributed by atoms with E-state index in [1.807, 2.05) is 6.92 Å². The third kappa shape index (κ3) is 3.80. The largest absolute Gasteiger partial charge is 0.369 e. The Bertz CT molecular complexity index is 228. The first kappa shape index (κ1) is 13.0. The summed E-state index contributed by atoms with van der Waals surface area (Å²) in [5.74, 6) is 2.37. The van der Waals surface area contributed by atoms with Crippen LogP contribution in [0.3, 0.4) is 0 Å². The standard InChI is InChI=1S/C11H19NO2/c1-6-8-9(7-2)12-10(13)11(3,4)14-5/h2,9H,6,8H2,1,3-5H3,(H,12,13). The van der Waals surface area contributed by atoms with E-state index in [9.17, 15) is 4.79 Å². The number of hydrogen-bond donors (Lipinski definition) is 1. The van der Waals surface area contributed by atoms with Gasteiger partial charge in [0, 0.05) is 7.11 Å². The van der Waals surface area contributed by atoms with Crippen LogP contribution in [0.4, 0.5) is 0 Å². The third-order valence-electron chi connectivity index (χ3n) is 2.14. The maximum absolute atomic E-state index is 11.6. The van der Waals surface area contributed by atoms with E-state index in [0.717, 1.165) is 12.8 Å². The number of hydrogen-bond acceptors (Lipinski definition) is 2. The van der Waals surface area contributed by atoms with Crippen LogP contribution in [0, 0.1) is 12.3 Å². The van der Waals surface area contributed by atoms with Crippen molar-refractivity contribution in [1.29, 1.82) is 0 Å². The summed E-state index contributed by atoms with van der Waals surface area (Å²) in [4.78, 5) is 11.6. The first-order chi connectivity index (χ1) is 6.47. The second kappa shape index (κ2) is 5.66. The second-order valence-corrected chi connectivity index (χ2v) is 3.70. The van der Waals surface area contributed by atoms with E-state index in [4.69, 9.17) is 11.2 Å². The van der Waals surface area contributed by atoms with Crippen molar-refractivity contribution in [2.45, 2.75) is 45.3 Å². The lowest BCUT2D eigenvalue weighted by Gasteiger charge is -2.23. The van der Waals surface area contributed by atoms with Crippen molar-refractivity contribution in [3.8, 4) is 12.3 Å². The summed E-state index contributed by atoms with van der Waals surface area (Å²) in [6, 6.07) is -0.193. The molecule has 14 heavy (non-hydrogen) atoms. The first-order valence-electron chi connectivity index (χ1n) is 4.80. The number of terminal acetylenes is 1. The zero-order valence-electron chi connectivity index (χ0n) is 9.39. The van der Waals surface area contributed by atoms with Crippen molar-refractivity contribution in [3.63, 3.8) is 0 Å². The smallest absolute Gasteiger partial charge is 0.252 e. The minimum Gasteiger partial charge on any atom is -0.369 e. The molecule has 0 radical (unpaired) electrons. The SMILES string of the molecule is C#CC(CCC)NC(=O)C(C)(C)OC. The van der Waals surface area contributed by atoms with Crippen LogP contribution in [0.5, 0.6) is 0 Å². The van der Waals surface area contributed by atoms with Crippen LogP contribution in [0.15, 0.2) is 0 Å². The lowest BCUT2D eigenvalue weighted by Crippen LogP contribution is -2.47. The summed E-state index contributed by atoms with van der Waals surface area (Å²) in [5.41, 5.74) is -0.817. The van der Waals surface area contributed by atoms with E-state index in [2.05, 4.69) is 11.2 Å². The van der Waals surface area contributed by atoms with Crippen molar-refractivity contribution < 1.29 is 9.53 Å². The number of rotatable bonds is 5. The molecule has 0 spiro atoms. The van der Waals surface area contributed by atoms with Crippen LogP contribution in [0.25, 0.3) is 0 Å². The Morgan fingerprint density at radius 3 is 2.57 bits per heavy atom. The van der Waals surface area contributed by atoms with Gasteiger partial charge < -0.3 is 10.1 Å². The molecule has 0 saturated carbocycles. The van der Waals surface area contributed by atoms with Crippen LogP contribution >= 0.6 is 0 Å². The Balaban J connectivity index is 4.24. The maximum Gasteiger partial charge on any atom is 0.252 e. The predicted octanol–water partition coefficient (Wildman–Crippen LogP) is 1.33. The Hall–Kier alpha value is -1.01. The van der Waals surface area contributed by atoms with E-state index in [1.165, 1.54) is 7.11 Å². The summed E-state index contributed by atoms with van der Waals surface area (Å²) in [7, 11) is 1.50. The molecule has 0 aliphatic heterocycles. The number of methoxy groups -OCH3 is 1. The molecule has 0 aromatic rings. The monoisotopic (exact) mass is 197 g/mol. The minimum absolute atomic E-state index is 0.170. The molecule has 0 aromatic carbocycles. The summed E-state index contributed by atoms with van der Waals surface area (Å²) in [5, 5.41) is 2.76. The van der Waals surface area contributed by atoms with Crippen LogP contribution in [-0.4, -0.2) is 24.7 Å². The van der Waals surface area contributed by atoms with Gasteiger partial charge in [0.05, 0.1) is 6.04 Å². The van der Waals surface area contributed by atoms with E-state index in [-0.39, 0.29) is 11.9 Å². The number of carbonyl (C=O) groups is 1. The van der Waals surface area contributed by atoms with Gasteiger partial charge in [0.1, 0.15) is 5.60 Å². The average Bonchev–Trinajstić information content (AvgIpc) is 2.16. The number of amides is 1. The van der Waals surface area contributed by atoms with E-state index in [0.29, 0.717) is 0 Å². The zero-order valence-corrected chi connectivity index (χ0v) is 9.39. The molecular weight excluding hydrogens is 178 g/mol. The fourth-order valence-corrected chi connectivity index (χ4v) is 0.911. The Morgan fingerprint density at radius 1 is 1.64 bits per heavy atom. The molecule has 0 saturated heterocycles. The highest BCUT2D eigenvalue weighted by Crippen LogP contribution is 2.08. The van der Waals surface area contributed by atoms with Crippen LogP contribution in [0.1, 0.15) is 33.6 Å². The molecule has 1 atom stereocenters. The van der Waals surface area contributed by atoms with Gasteiger partial charge in [-0.1, -0.05) is 19.3 Å². The molecule has 3 nitrogen and oxygen atoms in total. The van der Waals surface area contributed by atoms with E-state index < -0.39 is 5.60 Å². The molecule has 0 bridgehead atoms. The normalized spacial score (nSPS) is 13.1. The van der Waals surface area contributed by atoms with E-state index in [1.54, 1.807) is 13.8 Å². The molecule has 0 aromatic heterocycles. The molecule has 0 rings (SSSR count). The molecular formula is C11H19NO2. The molecule has 0 aliphatic rings. The fraction of sp³-hybridized carbons (Fsp3) is 0.727. The Labute approximate surface area is 86.2 Å². The highest BCUT2D eigenvalue weighted by atomic mass is 16.5. The van der Waals surface area contributed by atoms with Gasteiger partial charge in [-0.15, -0.1) is 6.42 Å². The highest BCUT2D eigenvalue weighted by Gasteiger charge is 2.28. The third-order valence-corrected chi connectivity index (χ3v) is 2.14. The van der Waals surface area contributed by atoms with Crippen molar-refractivity contribution in [2.24, 2.45) is 0 Å². The van der Waals surface area contributed by atoms with Crippen LogP contribution in [-0.2, 0) is 9.53 Å². The second-order valence-electron chi connectivity index (χ2n) is 3.70. The molecule has 0 fully saturated rings. The van der Waals surface area contributed by atoms with Crippen molar-refractivity contribution in [2.75, 3.05) is 7.11 Å². The summed E-state index contributed by atoms with van der Waals surface area (Å²) in [6.45, 7) is 5.45.